The molecule has 92 valence electrons. The number of rotatable bonds is 4. The molecule has 2 fully saturated rings. The van der Waals surface area contributed by atoms with Crippen LogP contribution in [-0.4, -0.2) is 17.9 Å². The monoisotopic (exact) mass is 223 g/mol. The van der Waals surface area contributed by atoms with Gasteiger partial charge in [0.1, 0.15) is 0 Å². The number of fused-ring (bicyclic) bond motifs is 1. The summed E-state index contributed by atoms with van der Waals surface area (Å²) >= 11 is 0. The van der Waals surface area contributed by atoms with Gasteiger partial charge in [0.25, 0.3) is 0 Å². The molecule has 2 nitrogen and oxygen atoms in total. The van der Waals surface area contributed by atoms with Crippen LogP contribution in [0.4, 0.5) is 0 Å². The highest BCUT2D eigenvalue weighted by Gasteiger charge is 2.38. The molecule has 16 heavy (non-hydrogen) atoms. The van der Waals surface area contributed by atoms with Crippen molar-refractivity contribution in [3.63, 3.8) is 0 Å². The quantitative estimate of drug-likeness (QED) is 0.794. The van der Waals surface area contributed by atoms with E-state index in [1.807, 2.05) is 0 Å². The minimum atomic E-state index is 0.176. The normalized spacial score (nSPS) is 35.8. The lowest BCUT2D eigenvalue weighted by molar-refractivity contribution is -0.124. The highest BCUT2D eigenvalue weighted by Crippen LogP contribution is 2.34. The van der Waals surface area contributed by atoms with Crippen molar-refractivity contribution >= 4 is 5.78 Å². The minimum Gasteiger partial charge on any atom is -0.304 e. The van der Waals surface area contributed by atoms with Gasteiger partial charge in [0.05, 0.1) is 6.04 Å². The maximum absolute atomic E-state index is 12.2. The van der Waals surface area contributed by atoms with Crippen molar-refractivity contribution in [1.82, 2.24) is 5.32 Å². The maximum atomic E-state index is 12.2. The van der Waals surface area contributed by atoms with Gasteiger partial charge in [-0.2, -0.15) is 0 Å². The SMILES string of the molecule is CCCC(C)C(=O)C1CC2CCCCC2N1. The highest BCUT2D eigenvalue weighted by atomic mass is 16.1. The summed E-state index contributed by atoms with van der Waals surface area (Å²) < 4.78 is 0. The number of carbonyl (C=O) groups excluding carboxylic acids is 1. The first-order valence-corrected chi connectivity index (χ1v) is 7.02. The van der Waals surface area contributed by atoms with Crippen LogP contribution in [0.2, 0.25) is 0 Å². The van der Waals surface area contributed by atoms with Gasteiger partial charge in [-0.1, -0.05) is 33.1 Å². The number of carbonyl (C=O) groups is 1. The van der Waals surface area contributed by atoms with Crippen LogP contribution in [0.15, 0.2) is 0 Å². The Bertz CT molecular complexity index is 237. The molecular weight excluding hydrogens is 198 g/mol. The molecule has 2 aliphatic rings. The van der Waals surface area contributed by atoms with E-state index >= 15 is 0 Å². The van der Waals surface area contributed by atoms with Crippen LogP contribution in [0.1, 0.15) is 58.8 Å². The second-order valence-electron chi connectivity index (χ2n) is 5.70. The molecule has 0 spiro atoms. The molecule has 1 N–H and O–H groups in total. The molecule has 1 saturated heterocycles. The van der Waals surface area contributed by atoms with Crippen molar-refractivity contribution in [3.05, 3.63) is 0 Å². The molecule has 0 radical (unpaired) electrons. The fourth-order valence-corrected chi connectivity index (χ4v) is 3.46. The van der Waals surface area contributed by atoms with Gasteiger partial charge in [-0.25, -0.2) is 0 Å². The van der Waals surface area contributed by atoms with E-state index in [0.717, 1.165) is 25.2 Å². The Hall–Kier alpha value is -0.370. The Labute approximate surface area is 99.2 Å². The maximum Gasteiger partial charge on any atom is 0.152 e. The summed E-state index contributed by atoms with van der Waals surface area (Å²) in [5.74, 6) is 1.51. The van der Waals surface area contributed by atoms with Crippen molar-refractivity contribution in [2.24, 2.45) is 11.8 Å². The molecule has 0 aromatic carbocycles. The summed E-state index contributed by atoms with van der Waals surface area (Å²) in [6, 6.07) is 0.825. The van der Waals surface area contributed by atoms with Crippen molar-refractivity contribution in [2.45, 2.75) is 70.9 Å². The number of Topliss-reactive ketones (excluding diaryl/α,β-unsaturated/α-hetero) is 1. The zero-order chi connectivity index (χ0) is 11.5. The summed E-state index contributed by atoms with van der Waals surface area (Å²) in [6.07, 6.45) is 8.62. The standard InChI is InChI=1S/C14H25NO/c1-3-6-10(2)14(16)13-9-11-7-4-5-8-12(11)15-13/h10-13,15H,3-9H2,1-2H3. The van der Waals surface area contributed by atoms with Crippen LogP contribution in [0.25, 0.3) is 0 Å². The number of hydrogen-bond acceptors (Lipinski definition) is 2. The Kier molecular flexibility index (Phi) is 4.01. The molecule has 4 atom stereocenters. The van der Waals surface area contributed by atoms with E-state index in [9.17, 15) is 4.79 Å². The molecule has 1 aliphatic carbocycles. The smallest absolute Gasteiger partial charge is 0.152 e. The molecule has 4 unspecified atom stereocenters. The van der Waals surface area contributed by atoms with Gasteiger partial charge in [0.2, 0.25) is 0 Å². The first-order chi connectivity index (χ1) is 7.72. The van der Waals surface area contributed by atoms with Gasteiger partial charge in [0, 0.05) is 12.0 Å². The van der Waals surface area contributed by atoms with E-state index in [1.54, 1.807) is 0 Å². The van der Waals surface area contributed by atoms with E-state index in [2.05, 4.69) is 19.2 Å². The van der Waals surface area contributed by atoms with Crippen molar-refractivity contribution < 1.29 is 4.79 Å². The van der Waals surface area contributed by atoms with E-state index in [4.69, 9.17) is 0 Å². The third-order valence-electron chi connectivity index (χ3n) is 4.41. The highest BCUT2D eigenvalue weighted by molar-refractivity contribution is 5.86. The molecule has 0 amide bonds. The molecule has 2 rings (SSSR count). The molecule has 1 saturated carbocycles. The molecule has 0 bridgehead atoms. The van der Waals surface area contributed by atoms with E-state index in [0.29, 0.717) is 11.8 Å². The zero-order valence-electron chi connectivity index (χ0n) is 10.7. The Morgan fingerprint density at radius 2 is 2.12 bits per heavy atom. The second-order valence-corrected chi connectivity index (χ2v) is 5.70. The third kappa shape index (κ3) is 2.48. The summed E-state index contributed by atoms with van der Waals surface area (Å²) in [5, 5.41) is 3.58. The van der Waals surface area contributed by atoms with Gasteiger partial charge in [0.15, 0.2) is 5.78 Å². The predicted molar refractivity (Wildman–Crippen MR) is 66.4 cm³/mol. The van der Waals surface area contributed by atoms with Gasteiger partial charge >= 0.3 is 0 Å². The fourth-order valence-electron chi connectivity index (χ4n) is 3.46. The molecule has 0 aromatic heterocycles. The van der Waals surface area contributed by atoms with Gasteiger partial charge in [-0.3, -0.25) is 4.79 Å². The topological polar surface area (TPSA) is 29.1 Å². The van der Waals surface area contributed by atoms with Gasteiger partial charge in [-0.05, 0) is 31.6 Å². The Morgan fingerprint density at radius 3 is 2.81 bits per heavy atom. The lowest BCUT2D eigenvalue weighted by atomic mass is 9.84. The van der Waals surface area contributed by atoms with Gasteiger partial charge < -0.3 is 5.32 Å². The van der Waals surface area contributed by atoms with E-state index in [1.165, 1.54) is 25.7 Å². The van der Waals surface area contributed by atoms with Crippen molar-refractivity contribution in [1.29, 1.82) is 0 Å². The molecule has 1 heterocycles. The van der Waals surface area contributed by atoms with Crippen LogP contribution in [0.3, 0.4) is 0 Å². The number of hydrogen-bond donors (Lipinski definition) is 1. The summed E-state index contributed by atoms with van der Waals surface area (Å²) in [7, 11) is 0. The predicted octanol–water partition coefficient (Wildman–Crippen LogP) is 2.91. The van der Waals surface area contributed by atoms with Crippen LogP contribution < -0.4 is 5.32 Å². The first kappa shape index (κ1) is 12.1. The van der Waals surface area contributed by atoms with Crippen LogP contribution in [0, 0.1) is 11.8 Å². The van der Waals surface area contributed by atoms with E-state index < -0.39 is 0 Å². The number of nitrogens with one attached hydrogen (secondary N) is 1. The largest absolute Gasteiger partial charge is 0.304 e. The summed E-state index contributed by atoms with van der Waals surface area (Å²) in [6.45, 7) is 4.25. The van der Waals surface area contributed by atoms with Crippen LogP contribution in [-0.2, 0) is 4.79 Å². The van der Waals surface area contributed by atoms with Crippen molar-refractivity contribution in [3.8, 4) is 0 Å². The lowest BCUT2D eigenvalue weighted by Crippen LogP contribution is -2.39. The van der Waals surface area contributed by atoms with Crippen molar-refractivity contribution in [2.75, 3.05) is 0 Å². The number of ketones is 1. The Balaban J connectivity index is 1.89. The molecule has 0 aromatic rings. The van der Waals surface area contributed by atoms with E-state index in [-0.39, 0.29) is 12.0 Å². The van der Waals surface area contributed by atoms with Gasteiger partial charge in [-0.15, -0.1) is 0 Å². The lowest BCUT2D eigenvalue weighted by Gasteiger charge is -2.24. The zero-order valence-corrected chi connectivity index (χ0v) is 10.7. The third-order valence-corrected chi connectivity index (χ3v) is 4.41. The first-order valence-electron chi connectivity index (χ1n) is 7.02. The Morgan fingerprint density at radius 1 is 1.38 bits per heavy atom. The fraction of sp³-hybridized carbons (Fsp3) is 0.929. The van der Waals surface area contributed by atoms with Crippen LogP contribution >= 0.6 is 0 Å². The minimum absolute atomic E-state index is 0.176. The average Bonchev–Trinajstić information content (AvgIpc) is 2.71. The summed E-state index contributed by atoms with van der Waals surface area (Å²) in [5.41, 5.74) is 0. The van der Waals surface area contributed by atoms with Crippen LogP contribution in [0.5, 0.6) is 0 Å². The second kappa shape index (κ2) is 5.31. The molecular formula is C14H25NO. The summed E-state index contributed by atoms with van der Waals surface area (Å²) in [4.78, 5) is 12.2. The molecule has 1 aliphatic heterocycles. The average molecular weight is 223 g/mol. The molecule has 2 heteroatoms.